The fourth-order valence-corrected chi connectivity index (χ4v) is 12.4. The third-order valence-corrected chi connectivity index (χ3v) is 14.7. The van der Waals surface area contributed by atoms with Crippen LogP contribution in [0.2, 0.25) is 13.3 Å². The molecular formula is C24H52ISn. The van der Waals surface area contributed by atoms with Crippen molar-refractivity contribution >= 4 is 43.7 Å². The van der Waals surface area contributed by atoms with Crippen molar-refractivity contribution in [2.75, 3.05) is 0 Å². The molecule has 0 aliphatic rings. The van der Waals surface area contributed by atoms with Crippen molar-refractivity contribution in [3.63, 3.8) is 0 Å². The van der Waals surface area contributed by atoms with Crippen LogP contribution in [-0.2, 0) is 0 Å². The summed E-state index contributed by atoms with van der Waals surface area (Å²) in [6, 6.07) is 0. The number of rotatable bonds is 21. The molecule has 159 valence electrons. The summed E-state index contributed by atoms with van der Waals surface area (Å²) in [4.78, 5) is 0. The predicted molar refractivity (Wildman–Crippen MR) is 136 cm³/mol. The van der Waals surface area contributed by atoms with E-state index in [1.807, 2.05) is 0 Å². The van der Waals surface area contributed by atoms with Crippen LogP contribution in [-0.4, -0.2) is 19.8 Å². The standard InChI is InChI=1S/3C8H17.HI.Sn/c3*1-3-5-7-8-6-4-2;;/h3*1,3-8H2,2H3;1H;. The van der Waals surface area contributed by atoms with Gasteiger partial charge in [-0.3, -0.25) is 0 Å². The smallest absolute Gasteiger partial charge is 0.107 e. The Hall–Kier alpha value is 1.53. The summed E-state index contributed by atoms with van der Waals surface area (Å²) in [5.41, 5.74) is 0. The van der Waals surface area contributed by atoms with Crippen molar-refractivity contribution in [3.8, 4) is 0 Å². The van der Waals surface area contributed by atoms with Gasteiger partial charge in [-0.05, 0) is 0 Å². The van der Waals surface area contributed by atoms with Crippen molar-refractivity contribution in [1.29, 1.82) is 0 Å². The summed E-state index contributed by atoms with van der Waals surface area (Å²) in [6.45, 7) is 6.98. The van der Waals surface area contributed by atoms with E-state index in [1.54, 1.807) is 32.6 Å². The molecule has 0 saturated heterocycles. The first-order valence-corrected chi connectivity index (χ1v) is 18.2. The van der Waals surface area contributed by atoms with Crippen LogP contribution in [0.4, 0.5) is 0 Å². The van der Waals surface area contributed by atoms with Gasteiger partial charge in [-0.25, -0.2) is 0 Å². The van der Waals surface area contributed by atoms with E-state index < -0.39 is 19.8 Å². The van der Waals surface area contributed by atoms with Crippen LogP contribution in [0.1, 0.15) is 136 Å². The topological polar surface area (TPSA) is 0 Å². The minimum Gasteiger partial charge on any atom is -0.107 e. The summed E-state index contributed by atoms with van der Waals surface area (Å²) in [5, 5.41) is 0. The zero-order valence-corrected chi connectivity index (χ0v) is 23.9. The Kier molecular flexibility index (Phi) is 30.3. The van der Waals surface area contributed by atoms with Gasteiger partial charge < -0.3 is 0 Å². The zero-order chi connectivity index (χ0) is 18.4. The van der Waals surface area contributed by atoms with Crippen molar-refractivity contribution in [2.24, 2.45) is 0 Å². The Morgan fingerprint density at radius 1 is 0.346 bits per heavy atom. The molecule has 1 radical (unpaired) electrons. The molecule has 0 atom stereocenters. The summed E-state index contributed by atoms with van der Waals surface area (Å²) >= 11 is -1.02. The van der Waals surface area contributed by atoms with Gasteiger partial charge in [0.05, 0.1) is 0 Å². The molecule has 0 nitrogen and oxygen atoms in total. The Morgan fingerprint density at radius 3 is 0.846 bits per heavy atom. The van der Waals surface area contributed by atoms with E-state index in [-0.39, 0.29) is 24.0 Å². The summed E-state index contributed by atoms with van der Waals surface area (Å²) < 4.78 is 5.16. The minimum absolute atomic E-state index is 0. The van der Waals surface area contributed by atoms with Gasteiger partial charge in [-0.1, -0.05) is 0 Å². The Morgan fingerprint density at radius 2 is 0.577 bits per heavy atom. The number of hydrogen-bond acceptors (Lipinski definition) is 0. The zero-order valence-electron chi connectivity index (χ0n) is 18.8. The van der Waals surface area contributed by atoms with Crippen LogP contribution in [0.25, 0.3) is 0 Å². The summed E-state index contributed by atoms with van der Waals surface area (Å²) in [7, 11) is 0. The van der Waals surface area contributed by atoms with Gasteiger partial charge in [0.2, 0.25) is 0 Å². The first-order valence-electron chi connectivity index (χ1n) is 12.2. The molecule has 0 spiro atoms. The maximum atomic E-state index is 2.33. The monoisotopic (exact) mass is 587 g/mol. The van der Waals surface area contributed by atoms with Crippen LogP contribution in [0, 0.1) is 0 Å². The fraction of sp³-hybridized carbons (Fsp3) is 1.00. The van der Waals surface area contributed by atoms with E-state index in [9.17, 15) is 0 Å². The molecular weight excluding hydrogens is 534 g/mol. The van der Waals surface area contributed by atoms with Crippen LogP contribution in [0.5, 0.6) is 0 Å². The molecule has 0 aromatic carbocycles. The third kappa shape index (κ3) is 23.6. The van der Waals surface area contributed by atoms with Crippen molar-refractivity contribution in [3.05, 3.63) is 0 Å². The second kappa shape index (κ2) is 26.5. The molecule has 0 unspecified atom stereocenters. The second-order valence-corrected chi connectivity index (χ2v) is 16.9. The van der Waals surface area contributed by atoms with Crippen LogP contribution in [0.3, 0.4) is 0 Å². The van der Waals surface area contributed by atoms with Gasteiger partial charge in [0.25, 0.3) is 0 Å². The van der Waals surface area contributed by atoms with Gasteiger partial charge >= 0.3 is 169 Å². The molecule has 0 rings (SSSR count). The maximum Gasteiger partial charge on any atom is -0.107 e. The van der Waals surface area contributed by atoms with Gasteiger partial charge in [0.1, 0.15) is 0 Å². The number of unbranched alkanes of at least 4 members (excludes halogenated alkanes) is 15. The molecule has 0 bridgehead atoms. The van der Waals surface area contributed by atoms with E-state index in [1.165, 1.54) is 96.3 Å². The summed E-state index contributed by atoms with van der Waals surface area (Å²) in [5.74, 6) is 0. The van der Waals surface area contributed by atoms with E-state index in [0.717, 1.165) is 0 Å². The van der Waals surface area contributed by atoms with Gasteiger partial charge in [0, 0.05) is 0 Å². The number of hydrogen-bond donors (Lipinski definition) is 0. The van der Waals surface area contributed by atoms with Crippen molar-refractivity contribution in [2.45, 2.75) is 150 Å². The average molecular weight is 586 g/mol. The molecule has 0 N–H and O–H groups in total. The molecule has 0 heterocycles. The predicted octanol–water partition coefficient (Wildman–Crippen LogP) is 10.2. The van der Waals surface area contributed by atoms with Crippen molar-refractivity contribution in [1.82, 2.24) is 0 Å². The molecule has 0 aliphatic heterocycles. The molecule has 26 heavy (non-hydrogen) atoms. The molecule has 0 saturated carbocycles. The first kappa shape index (κ1) is 29.7. The molecule has 0 aliphatic carbocycles. The third-order valence-electron chi connectivity index (χ3n) is 5.65. The van der Waals surface area contributed by atoms with Gasteiger partial charge in [-0.2, -0.15) is 0 Å². The van der Waals surface area contributed by atoms with Crippen LogP contribution < -0.4 is 0 Å². The van der Waals surface area contributed by atoms with Crippen molar-refractivity contribution < 1.29 is 0 Å². The maximum absolute atomic E-state index is 2.33. The van der Waals surface area contributed by atoms with Gasteiger partial charge in [0.15, 0.2) is 0 Å². The Bertz CT molecular complexity index is 194. The molecule has 0 amide bonds. The van der Waals surface area contributed by atoms with E-state index in [2.05, 4.69) is 20.8 Å². The largest absolute Gasteiger partial charge is 0.107 e. The quantitative estimate of drug-likeness (QED) is 0.0714. The van der Waals surface area contributed by atoms with Crippen LogP contribution in [0.15, 0.2) is 0 Å². The van der Waals surface area contributed by atoms with E-state index >= 15 is 0 Å². The van der Waals surface area contributed by atoms with Crippen LogP contribution >= 0.6 is 24.0 Å². The Balaban J connectivity index is 0. The van der Waals surface area contributed by atoms with E-state index in [4.69, 9.17) is 0 Å². The SMILES string of the molecule is CCCCCCC[CH2][Sn]([CH2]CCCCCCC)[CH2]CCCCCCC.I. The fourth-order valence-electron chi connectivity index (χ4n) is 3.84. The summed E-state index contributed by atoms with van der Waals surface area (Å²) in [6.07, 6.45) is 26.9. The molecule has 2 heteroatoms. The minimum atomic E-state index is -1.02. The Labute approximate surface area is 192 Å². The molecule has 0 fully saturated rings. The average Bonchev–Trinajstić information content (AvgIpc) is 2.63. The first-order chi connectivity index (χ1) is 12.3. The molecule has 0 aromatic rings. The second-order valence-electron chi connectivity index (χ2n) is 8.30. The molecule has 0 aromatic heterocycles. The van der Waals surface area contributed by atoms with E-state index in [0.29, 0.717) is 0 Å². The number of halogens is 1. The normalized spacial score (nSPS) is 11.1. The van der Waals surface area contributed by atoms with Gasteiger partial charge in [-0.15, -0.1) is 24.0 Å².